The molecular formula is C15H23ClN4S. The van der Waals surface area contributed by atoms with E-state index in [2.05, 4.69) is 16.6 Å². The molecule has 0 saturated carbocycles. The molecule has 1 saturated heterocycles. The first-order valence-electron chi connectivity index (χ1n) is 7.79. The van der Waals surface area contributed by atoms with Crippen LogP contribution in [0.1, 0.15) is 56.0 Å². The van der Waals surface area contributed by atoms with Crippen LogP contribution >= 0.6 is 23.4 Å². The molecule has 0 N–H and O–H groups in total. The standard InChI is InChI=1S/C15H23ClN4S/c1-4-6-12-13-15(19(3)18-12)20(14(17-13)10(2)16)11-7-5-8-21-9-11/h10-11H,4-9H2,1-3H3. The van der Waals surface area contributed by atoms with Crippen LogP contribution in [0.2, 0.25) is 0 Å². The summed E-state index contributed by atoms with van der Waals surface area (Å²) in [6.45, 7) is 4.20. The molecule has 3 heterocycles. The molecule has 4 nitrogen and oxygen atoms in total. The molecule has 1 aliphatic heterocycles. The highest BCUT2D eigenvalue weighted by molar-refractivity contribution is 7.99. The Morgan fingerprint density at radius 2 is 2.29 bits per heavy atom. The minimum Gasteiger partial charge on any atom is -0.308 e. The van der Waals surface area contributed by atoms with Crippen molar-refractivity contribution < 1.29 is 0 Å². The molecule has 2 unspecified atom stereocenters. The zero-order valence-corrected chi connectivity index (χ0v) is 14.5. The largest absolute Gasteiger partial charge is 0.308 e. The van der Waals surface area contributed by atoms with Crippen LogP contribution in [-0.4, -0.2) is 30.8 Å². The number of rotatable bonds is 4. The summed E-state index contributed by atoms with van der Waals surface area (Å²) in [5.41, 5.74) is 3.31. The fourth-order valence-corrected chi connectivity index (χ4v) is 4.47. The molecule has 0 spiro atoms. The van der Waals surface area contributed by atoms with Gasteiger partial charge in [-0.05, 0) is 31.9 Å². The first kappa shape index (κ1) is 15.2. The summed E-state index contributed by atoms with van der Waals surface area (Å²) >= 11 is 8.45. The number of hydrogen-bond acceptors (Lipinski definition) is 3. The molecule has 2 atom stereocenters. The van der Waals surface area contributed by atoms with E-state index in [1.54, 1.807) is 0 Å². The first-order chi connectivity index (χ1) is 10.1. The van der Waals surface area contributed by atoms with E-state index in [4.69, 9.17) is 16.6 Å². The number of imidazole rings is 1. The number of aryl methyl sites for hydroxylation is 2. The molecule has 0 bridgehead atoms. The SMILES string of the molecule is CCCc1nn(C)c2c1nc(C(C)Cl)n2C1CCCSC1. The van der Waals surface area contributed by atoms with Crippen LogP contribution in [0.5, 0.6) is 0 Å². The zero-order chi connectivity index (χ0) is 15.0. The van der Waals surface area contributed by atoms with Crippen LogP contribution in [0.3, 0.4) is 0 Å². The van der Waals surface area contributed by atoms with E-state index in [1.165, 1.54) is 18.6 Å². The van der Waals surface area contributed by atoms with Crippen molar-refractivity contribution in [2.45, 2.75) is 50.9 Å². The number of aromatic nitrogens is 4. The van der Waals surface area contributed by atoms with E-state index in [0.29, 0.717) is 6.04 Å². The second-order valence-corrected chi connectivity index (χ2v) is 7.62. The van der Waals surface area contributed by atoms with Crippen LogP contribution in [0.25, 0.3) is 11.2 Å². The van der Waals surface area contributed by atoms with Gasteiger partial charge < -0.3 is 4.57 Å². The molecule has 6 heteroatoms. The van der Waals surface area contributed by atoms with Gasteiger partial charge in [0.15, 0.2) is 5.65 Å². The van der Waals surface area contributed by atoms with Crippen molar-refractivity contribution in [2.75, 3.05) is 11.5 Å². The van der Waals surface area contributed by atoms with Crippen LogP contribution in [0.15, 0.2) is 0 Å². The quantitative estimate of drug-likeness (QED) is 0.794. The minimum absolute atomic E-state index is 0.0706. The van der Waals surface area contributed by atoms with Gasteiger partial charge in [0, 0.05) is 18.8 Å². The lowest BCUT2D eigenvalue weighted by Crippen LogP contribution is -2.20. The van der Waals surface area contributed by atoms with Gasteiger partial charge >= 0.3 is 0 Å². The number of fused-ring (bicyclic) bond motifs is 1. The highest BCUT2D eigenvalue weighted by Gasteiger charge is 2.27. The second kappa shape index (κ2) is 6.21. The van der Waals surface area contributed by atoms with Crippen LogP contribution < -0.4 is 0 Å². The highest BCUT2D eigenvalue weighted by atomic mass is 35.5. The lowest BCUT2D eigenvalue weighted by Gasteiger charge is -2.25. The average molecular weight is 327 g/mol. The summed E-state index contributed by atoms with van der Waals surface area (Å²) in [7, 11) is 2.03. The maximum absolute atomic E-state index is 6.42. The highest BCUT2D eigenvalue weighted by Crippen LogP contribution is 2.35. The van der Waals surface area contributed by atoms with E-state index in [0.717, 1.165) is 41.3 Å². The molecule has 3 rings (SSSR count). The molecule has 0 radical (unpaired) electrons. The number of nitrogens with zero attached hydrogens (tertiary/aromatic N) is 4. The monoisotopic (exact) mass is 326 g/mol. The number of alkyl halides is 1. The Morgan fingerprint density at radius 3 is 2.90 bits per heavy atom. The summed E-state index contributed by atoms with van der Waals surface area (Å²) in [5, 5.41) is 4.61. The van der Waals surface area contributed by atoms with Crippen molar-refractivity contribution in [3.63, 3.8) is 0 Å². The third-order valence-corrected chi connectivity index (χ3v) is 5.50. The number of thioether (sulfide) groups is 1. The number of halogens is 1. The van der Waals surface area contributed by atoms with Crippen molar-refractivity contribution >= 4 is 34.5 Å². The lowest BCUT2D eigenvalue weighted by atomic mass is 10.1. The molecule has 1 fully saturated rings. The van der Waals surface area contributed by atoms with Crippen molar-refractivity contribution in [1.82, 2.24) is 19.3 Å². The normalized spacial score (nSPS) is 21.0. The van der Waals surface area contributed by atoms with Gasteiger partial charge in [-0.2, -0.15) is 16.9 Å². The van der Waals surface area contributed by atoms with Gasteiger partial charge in [-0.15, -0.1) is 11.6 Å². The predicted octanol–water partition coefficient (Wildman–Crippen LogP) is 4.09. The van der Waals surface area contributed by atoms with Gasteiger partial charge in [0.25, 0.3) is 0 Å². The average Bonchev–Trinajstić information content (AvgIpc) is 3.00. The Labute approximate surface area is 135 Å². The molecule has 2 aromatic heterocycles. The van der Waals surface area contributed by atoms with E-state index < -0.39 is 0 Å². The number of hydrogen-bond donors (Lipinski definition) is 0. The van der Waals surface area contributed by atoms with Crippen molar-refractivity contribution in [2.24, 2.45) is 7.05 Å². The van der Waals surface area contributed by atoms with Gasteiger partial charge in [-0.1, -0.05) is 13.3 Å². The van der Waals surface area contributed by atoms with Crippen molar-refractivity contribution in [3.8, 4) is 0 Å². The fourth-order valence-electron chi connectivity index (χ4n) is 3.19. The van der Waals surface area contributed by atoms with Crippen molar-refractivity contribution in [1.29, 1.82) is 0 Å². The predicted molar refractivity (Wildman–Crippen MR) is 90.4 cm³/mol. The summed E-state index contributed by atoms with van der Waals surface area (Å²) in [6, 6.07) is 0.495. The molecule has 1 aliphatic rings. The van der Waals surface area contributed by atoms with Gasteiger partial charge in [0.2, 0.25) is 0 Å². The van der Waals surface area contributed by atoms with Crippen LogP contribution in [0.4, 0.5) is 0 Å². The first-order valence-corrected chi connectivity index (χ1v) is 9.38. The summed E-state index contributed by atoms with van der Waals surface area (Å²) in [4.78, 5) is 4.87. The Morgan fingerprint density at radius 1 is 1.48 bits per heavy atom. The molecule has 0 aromatic carbocycles. The summed E-state index contributed by atoms with van der Waals surface area (Å²) in [6.07, 6.45) is 4.54. The van der Waals surface area contributed by atoms with E-state index in [9.17, 15) is 0 Å². The smallest absolute Gasteiger partial charge is 0.159 e. The third kappa shape index (κ3) is 2.70. The van der Waals surface area contributed by atoms with E-state index in [1.807, 2.05) is 30.4 Å². The topological polar surface area (TPSA) is 35.6 Å². The molecule has 0 amide bonds. The third-order valence-electron chi connectivity index (χ3n) is 4.11. The van der Waals surface area contributed by atoms with Crippen molar-refractivity contribution in [3.05, 3.63) is 11.5 Å². The van der Waals surface area contributed by atoms with Gasteiger partial charge in [-0.3, -0.25) is 4.68 Å². The summed E-state index contributed by atoms with van der Waals surface area (Å²) < 4.78 is 4.36. The Balaban J connectivity index is 2.16. The van der Waals surface area contributed by atoms with Gasteiger partial charge in [-0.25, -0.2) is 4.98 Å². The second-order valence-electron chi connectivity index (χ2n) is 5.82. The molecular weight excluding hydrogens is 304 g/mol. The van der Waals surface area contributed by atoms with Crippen LogP contribution in [-0.2, 0) is 13.5 Å². The summed E-state index contributed by atoms with van der Waals surface area (Å²) in [5.74, 6) is 3.42. The molecule has 116 valence electrons. The maximum atomic E-state index is 6.42. The zero-order valence-electron chi connectivity index (χ0n) is 13.0. The van der Waals surface area contributed by atoms with Crippen LogP contribution in [0, 0.1) is 0 Å². The lowest BCUT2D eigenvalue weighted by molar-refractivity contribution is 0.484. The molecule has 0 aliphatic carbocycles. The minimum atomic E-state index is -0.0706. The van der Waals surface area contributed by atoms with Gasteiger partial charge in [0.1, 0.15) is 11.3 Å². The Kier molecular flexibility index (Phi) is 4.50. The molecule has 2 aromatic rings. The maximum Gasteiger partial charge on any atom is 0.159 e. The Hall–Kier alpha value is -0.680. The van der Waals surface area contributed by atoms with E-state index >= 15 is 0 Å². The Bertz CT molecular complexity index is 625. The fraction of sp³-hybridized carbons (Fsp3) is 0.733. The van der Waals surface area contributed by atoms with Gasteiger partial charge in [0.05, 0.1) is 11.1 Å². The van der Waals surface area contributed by atoms with E-state index in [-0.39, 0.29) is 5.38 Å². The molecule has 21 heavy (non-hydrogen) atoms.